The van der Waals surface area contributed by atoms with E-state index in [-0.39, 0.29) is 57.6 Å². The number of amides is 3. The Morgan fingerprint density at radius 3 is 2.27 bits per heavy atom. The number of piperazine rings is 1. The van der Waals surface area contributed by atoms with Crippen LogP contribution in [0.3, 0.4) is 0 Å². The molecular formula is C27H34N4O8S. The lowest BCUT2D eigenvalue weighted by Crippen LogP contribution is -2.56. The molecule has 0 unspecified atom stereocenters. The van der Waals surface area contributed by atoms with Gasteiger partial charge in [0, 0.05) is 43.0 Å². The van der Waals surface area contributed by atoms with Crippen molar-refractivity contribution in [1.82, 2.24) is 20.1 Å². The van der Waals surface area contributed by atoms with Gasteiger partial charge in [-0.15, -0.1) is 11.3 Å². The summed E-state index contributed by atoms with van der Waals surface area (Å²) >= 11 is 1.20. The molecule has 2 heterocycles. The van der Waals surface area contributed by atoms with Gasteiger partial charge in [-0.3, -0.25) is 19.2 Å². The van der Waals surface area contributed by atoms with Crippen LogP contribution in [0.1, 0.15) is 54.4 Å². The fraction of sp³-hybridized carbons (Fsp3) is 0.481. The summed E-state index contributed by atoms with van der Waals surface area (Å²) in [5, 5.41) is 21.6. The van der Waals surface area contributed by atoms with E-state index in [1.807, 2.05) is 37.3 Å². The first kappa shape index (κ1) is 30.5. The number of benzene rings is 1. The van der Waals surface area contributed by atoms with Gasteiger partial charge in [-0.2, -0.15) is 0 Å². The zero-order chi connectivity index (χ0) is 29.1. The normalized spacial score (nSPS) is 13.9. The maximum absolute atomic E-state index is 13.4. The van der Waals surface area contributed by atoms with Crippen molar-refractivity contribution in [2.75, 3.05) is 32.8 Å². The van der Waals surface area contributed by atoms with Crippen molar-refractivity contribution in [3.63, 3.8) is 0 Å². The van der Waals surface area contributed by atoms with Crippen molar-refractivity contribution in [2.45, 2.75) is 51.5 Å². The highest BCUT2D eigenvalue weighted by Gasteiger charge is 2.32. The van der Waals surface area contributed by atoms with Crippen molar-refractivity contribution < 1.29 is 38.9 Å². The van der Waals surface area contributed by atoms with Crippen molar-refractivity contribution in [2.24, 2.45) is 0 Å². The molecule has 12 nitrogen and oxygen atoms in total. The van der Waals surface area contributed by atoms with E-state index in [1.165, 1.54) is 21.1 Å². The highest BCUT2D eigenvalue weighted by Crippen LogP contribution is 2.29. The fourth-order valence-electron chi connectivity index (χ4n) is 4.10. The number of carbonyl (C=O) groups is 5. The number of carbonyl (C=O) groups excluding carboxylic acids is 3. The molecule has 1 aromatic heterocycles. The molecule has 2 aromatic rings. The smallest absolute Gasteiger partial charge is 0.409 e. The number of aliphatic carboxylic acids is 2. The van der Waals surface area contributed by atoms with Crippen molar-refractivity contribution in [3.05, 3.63) is 40.9 Å². The topological polar surface area (TPSA) is 166 Å². The molecule has 0 aliphatic carbocycles. The molecule has 1 aromatic carbocycles. The first-order chi connectivity index (χ1) is 19.2. The van der Waals surface area contributed by atoms with Gasteiger partial charge < -0.3 is 30.1 Å². The van der Waals surface area contributed by atoms with Gasteiger partial charge in [-0.05, 0) is 19.3 Å². The standard InChI is InChI=1S/C27H34N4O8S/c1-2-3-17-39-27(38)31-15-13-30(14-16-31)26(37)19(9-11-21(32)33)28-24(36)23-20(10-12-22(34)35)40-25(29-23)18-7-5-4-6-8-18/h4-8,19H,2-3,9-17H2,1H3,(H,28,36)(H,32,33)(H,34,35)/t19-/m0/s1. The van der Waals surface area contributed by atoms with Gasteiger partial charge in [0.2, 0.25) is 5.91 Å². The minimum atomic E-state index is -1.14. The lowest BCUT2D eigenvalue weighted by Gasteiger charge is -2.36. The van der Waals surface area contributed by atoms with Crippen LogP contribution >= 0.6 is 11.3 Å². The van der Waals surface area contributed by atoms with Gasteiger partial charge in [-0.25, -0.2) is 9.78 Å². The summed E-state index contributed by atoms with van der Waals surface area (Å²) in [6.07, 6.45) is 0.601. The van der Waals surface area contributed by atoms with E-state index in [1.54, 1.807) is 0 Å². The Morgan fingerprint density at radius 1 is 1.00 bits per heavy atom. The number of carboxylic acids is 2. The minimum absolute atomic E-state index is 0.0119. The van der Waals surface area contributed by atoms with E-state index >= 15 is 0 Å². The molecule has 40 heavy (non-hydrogen) atoms. The average molecular weight is 575 g/mol. The van der Waals surface area contributed by atoms with Crippen LogP contribution in [0.4, 0.5) is 4.79 Å². The predicted octanol–water partition coefficient (Wildman–Crippen LogP) is 2.87. The maximum Gasteiger partial charge on any atom is 0.409 e. The van der Waals surface area contributed by atoms with E-state index in [4.69, 9.17) is 9.84 Å². The fourth-order valence-corrected chi connectivity index (χ4v) is 5.16. The molecule has 0 bridgehead atoms. The average Bonchev–Trinajstić information content (AvgIpc) is 3.39. The number of aromatic nitrogens is 1. The van der Waals surface area contributed by atoms with Gasteiger partial charge in [0.05, 0.1) is 13.0 Å². The molecule has 0 radical (unpaired) electrons. The van der Waals surface area contributed by atoms with Crippen molar-refractivity contribution in [1.29, 1.82) is 0 Å². The molecule has 3 rings (SSSR count). The third-order valence-electron chi connectivity index (χ3n) is 6.32. The summed E-state index contributed by atoms with van der Waals surface area (Å²) in [5.41, 5.74) is 0.769. The van der Waals surface area contributed by atoms with Gasteiger partial charge in [0.15, 0.2) is 0 Å². The van der Waals surface area contributed by atoms with Crippen LogP contribution in [0.25, 0.3) is 10.6 Å². The molecule has 216 valence electrons. The van der Waals surface area contributed by atoms with Crippen LogP contribution in [0.2, 0.25) is 0 Å². The zero-order valence-electron chi connectivity index (χ0n) is 22.3. The molecular weight excluding hydrogens is 540 g/mol. The molecule has 1 aliphatic heterocycles. The largest absolute Gasteiger partial charge is 0.481 e. The van der Waals surface area contributed by atoms with Crippen LogP contribution in [-0.4, -0.2) is 93.7 Å². The zero-order valence-corrected chi connectivity index (χ0v) is 23.2. The highest BCUT2D eigenvalue weighted by molar-refractivity contribution is 7.15. The summed E-state index contributed by atoms with van der Waals surface area (Å²) in [6.45, 7) is 3.24. The molecule has 1 saturated heterocycles. The number of aryl methyl sites for hydroxylation is 1. The number of unbranched alkanes of at least 4 members (excludes halogenated alkanes) is 1. The summed E-state index contributed by atoms with van der Waals surface area (Å²) in [5.74, 6) is -3.28. The molecule has 3 amide bonds. The minimum Gasteiger partial charge on any atom is -0.481 e. The van der Waals surface area contributed by atoms with E-state index in [2.05, 4.69) is 10.3 Å². The van der Waals surface area contributed by atoms with E-state index < -0.39 is 35.9 Å². The number of hydrogen-bond donors (Lipinski definition) is 3. The number of hydrogen-bond acceptors (Lipinski definition) is 8. The second kappa shape index (κ2) is 15.0. The SMILES string of the molecule is CCCCOC(=O)N1CCN(C(=O)[C@H](CCC(=O)O)NC(=O)c2nc(-c3ccccc3)sc2CCC(=O)O)CC1. The van der Waals surface area contributed by atoms with Gasteiger partial charge in [-0.1, -0.05) is 43.7 Å². The lowest BCUT2D eigenvalue weighted by molar-refractivity contribution is -0.139. The number of rotatable bonds is 13. The van der Waals surface area contributed by atoms with Crippen LogP contribution in [0.15, 0.2) is 30.3 Å². The highest BCUT2D eigenvalue weighted by atomic mass is 32.1. The number of carboxylic acid groups (broad SMARTS) is 2. The number of ether oxygens (including phenoxy) is 1. The van der Waals surface area contributed by atoms with Crippen LogP contribution in [0, 0.1) is 0 Å². The molecule has 1 fully saturated rings. The first-order valence-electron chi connectivity index (χ1n) is 13.2. The Morgan fingerprint density at radius 2 is 1.65 bits per heavy atom. The third kappa shape index (κ3) is 8.76. The monoisotopic (exact) mass is 574 g/mol. The Bertz CT molecular complexity index is 1190. The molecule has 1 aliphatic rings. The van der Waals surface area contributed by atoms with Crippen LogP contribution < -0.4 is 5.32 Å². The van der Waals surface area contributed by atoms with Gasteiger partial charge >= 0.3 is 18.0 Å². The summed E-state index contributed by atoms with van der Waals surface area (Å²) in [7, 11) is 0. The molecule has 1 atom stereocenters. The number of nitrogens with zero attached hydrogens (tertiary/aromatic N) is 3. The number of nitrogens with one attached hydrogen (secondary N) is 1. The number of thiazole rings is 1. The Balaban J connectivity index is 1.73. The van der Waals surface area contributed by atoms with Gasteiger partial charge in [0.1, 0.15) is 16.7 Å². The van der Waals surface area contributed by atoms with E-state index in [0.29, 0.717) is 16.5 Å². The van der Waals surface area contributed by atoms with E-state index in [0.717, 1.165) is 18.4 Å². The van der Waals surface area contributed by atoms with Crippen LogP contribution in [0.5, 0.6) is 0 Å². The second-order valence-electron chi connectivity index (χ2n) is 9.29. The van der Waals surface area contributed by atoms with E-state index in [9.17, 15) is 29.1 Å². The third-order valence-corrected chi connectivity index (χ3v) is 7.49. The Kier molecular flexibility index (Phi) is 11.4. The Hall–Kier alpha value is -4.00. The maximum atomic E-state index is 13.4. The Labute approximate surface area is 235 Å². The molecule has 3 N–H and O–H groups in total. The first-order valence-corrected chi connectivity index (χ1v) is 14.0. The van der Waals surface area contributed by atoms with Crippen LogP contribution in [-0.2, 0) is 25.5 Å². The molecule has 0 spiro atoms. The molecule has 13 heteroatoms. The summed E-state index contributed by atoms with van der Waals surface area (Å²) in [6, 6.07) is 7.97. The second-order valence-corrected chi connectivity index (χ2v) is 10.4. The van der Waals surface area contributed by atoms with Gasteiger partial charge in [0.25, 0.3) is 5.91 Å². The quantitative estimate of drug-likeness (QED) is 0.305. The van der Waals surface area contributed by atoms with Crippen molar-refractivity contribution in [3.8, 4) is 10.6 Å². The van der Waals surface area contributed by atoms with Crippen molar-refractivity contribution >= 4 is 41.2 Å². The summed E-state index contributed by atoms with van der Waals surface area (Å²) < 4.78 is 5.23. The molecule has 0 saturated carbocycles. The predicted molar refractivity (Wildman–Crippen MR) is 146 cm³/mol. The lowest BCUT2D eigenvalue weighted by atomic mass is 10.1. The summed E-state index contributed by atoms with van der Waals surface area (Å²) in [4.78, 5) is 69.4.